The predicted molar refractivity (Wildman–Crippen MR) is 104 cm³/mol. The zero-order valence-electron chi connectivity index (χ0n) is 15.9. The summed E-state index contributed by atoms with van der Waals surface area (Å²) in [7, 11) is 1.44. The van der Waals surface area contributed by atoms with Gasteiger partial charge in [0.15, 0.2) is 4.88 Å². The molecule has 0 atom stereocenters. The number of methoxy groups -OCH3 is 1. The minimum atomic E-state index is -1.07. The number of rotatable bonds is 7. The zero-order chi connectivity index (χ0) is 20.4. The molecule has 0 bridgehead atoms. The summed E-state index contributed by atoms with van der Waals surface area (Å²) < 4.78 is 16.0. The second kappa shape index (κ2) is 7.90. The number of hydrogen-bond acceptors (Lipinski definition) is 7. The second-order valence-corrected chi connectivity index (χ2v) is 8.54. The number of carbonyl (C=O) groups is 2. The maximum absolute atomic E-state index is 11.9. The Hall–Kier alpha value is -2.81. The van der Waals surface area contributed by atoms with E-state index in [-0.39, 0.29) is 40.1 Å². The molecule has 1 aromatic heterocycles. The Morgan fingerprint density at radius 2 is 1.97 bits per heavy atom. The van der Waals surface area contributed by atoms with Gasteiger partial charge in [-0.1, -0.05) is 41.7 Å². The van der Waals surface area contributed by atoms with Crippen molar-refractivity contribution in [2.45, 2.75) is 44.4 Å². The lowest BCUT2D eigenvalue weighted by Gasteiger charge is -2.56. The molecule has 1 spiro atoms. The molecule has 2 N–H and O–H groups in total. The van der Waals surface area contributed by atoms with E-state index in [1.807, 2.05) is 30.3 Å². The van der Waals surface area contributed by atoms with Crippen molar-refractivity contribution in [3.05, 3.63) is 40.8 Å². The van der Waals surface area contributed by atoms with E-state index in [9.17, 15) is 14.7 Å². The fourth-order valence-electron chi connectivity index (χ4n) is 4.09. The molecule has 8 nitrogen and oxygen atoms in total. The minimum absolute atomic E-state index is 0.0529. The van der Waals surface area contributed by atoms with Gasteiger partial charge in [0.1, 0.15) is 12.7 Å². The van der Waals surface area contributed by atoms with E-state index in [0.717, 1.165) is 42.6 Å². The van der Waals surface area contributed by atoms with Gasteiger partial charge in [0.05, 0.1) is 7.11 Å². The number of ether oxygens (including phenoxy) is 3. The summed E-state index contributed by atoms with van der Waals surface area (Å²) in [5.74, 6) is -0.950. The van der Waals surface area contributed by atoms with Crippen LogP contribution in [0.5, 0.6) is 11.1 Å². The molecule has 1 amide bonds. The summed E-state index contributed by atoms with van der Waals surface area (Å²) in [5.41, 5.74) is 1.11. The molecule has 2 saturated carbocycles. The molecular formula is C20H22N2O6S. The minimum Gasteiger partial charge on any atom is -0.477 e. The molecule has 154 valence electrons. The molecule has 4 rings (SSSR count). The standard InChI is InChI=1S/C20H22N2O6S/c1-26-19-22-16(15(29-19)17(23)24)28-14-9-20(10-14)7-13(8-20)21-18(25)27-11-12-5-3-2-4-6-12/h2-6,13-14H,7-11H2,1H3,(H,21,25)(H,23,24)/t13-,14-,20?. The number of hydrogen-bond donors (Lipinski definition) is 2. The Bertz CT molecular complexity index is 886. The van der Waals surface area contributed by atoms with E-state index in [1.54, 1.807) is 0 Å². The van der Waals surface area contributed by atoms with Crippen LogP contribution in [0.15, 0.2) is 30.3 Å². The number of amides is 1. The molecule has 0 aliphatic heterocycles. The molecule has 0 unspecified atom stereocenters. The number of aromatic nitrogens is 1. The molecule has 2 aliphatic rings. The fraction of sp³-hybridized carbons (Fsp3) is 0.450. The highest BCUT2D eigenvalue weighted by Crippen LogP contribution is 2.57. The first kappa shape index (κ1) is 19.5. The van der Waals surface area contributed by atoms with Crippen molar-refractivity contribution < 1.29 is 28.9 Å². The highest BCUT2D eigenvalue weighted by Gasteiger charge is 2.54. The number of alkyl carbamates (subject to hydrolysis) is 1. The van der Waals surface area contributed by atoms with Crippen LogP contribution in [0.1, 0.15) is 40.9 Å². The lowest BCUT2D eigenvalue weighted by Crippen LogP contribution is -2.58. The van der Waals surface area contributed by atoms with Crippen molar-refractivity contribution in [3.8, 4) is 11.1 Å². The monoisotopic (exact) mass is 418 g/mol. The highest BCUT2D eigenvalue weighted by atomic mass is 32.1. The molecule has 1 aromatic carbocycles. The van der Waals surface area contributed by atoms with Gasteiger partial charge in [-0.2, -0.15) is 4.98 Å². The lowest BCUT2D eigenvalue weighted by molar-refractivity contribution is -0.0856. The largest absolute Gasteiger partial charge is 0.477 e. The van der Waals surface area contributed by atoms with Gasteiger partial charge >= 0.3 is 12.1 Å². The van der Waals surface area contributed by atoms with Gasteiger partial charge in [-0.25, -0.2) is 9.59 Å². The Labute approximate surface area is 171 Å². The molecule has 2 aliphatic carbocycles. The van der Waals surface area contributed by atoms with E-state index in [0.29, 0.717) is 0 Å². The van der Waals surface area contributed by atoms with E-state index < -0.39 is 12.1 Å². The quantitative estimate of drug-likeness (QED) is 0.709. The van der Waals surface area contributed by atoms with Crippen molar-refractivity contribution >= 4 is 23.4 Å². The number of thiazole rings is 1. The van der Waals surface area contributed by atoms with Gasteiger partial charge < -0.3 is 24.6 Å². The smallest absolute Gasteiger partial charge is 0.407 e. The zero-order valence-corrected chi connectivity index (χ0v) is 16.7. The second-order valence-electron chi connectivity index (χ2n) is 7.58. The van der Waals surface area contributed by atoms with Crippen LogP contribution in [0.2, 0.25) is 0 Å². The summed E-state index contributed by atoms with van der Waals surface area (Å²) in [6, 6.07) is 9.65. The number of carbonyl (C=O) groups excluding carboxylic acids is 1. The van der Waals surface area contributed by atoms with Crippen LogP contribution in [0.4, 0.5) is 4.79 Å². The number of nitrogens with one attached hydrogen (secondary N) is 1. The maximum atomic E-state index is 11.9. The van der Waals surface area contributed by atoms with Crippen molar-refractivity contribution in [1.82, 2.24) is 10.3 Å². The van der Waals surface area contributed by atoms with Gasteiger partial charge in [0.25, 0.3) is 5.19 Å². The number of carboxylic acid groups (broad SMARTS) is 1. The molecule has 2 aromatic rings. The third kappa shape index (κ3) is 4.29. The molecule has 1 heterocycles. The van der Waals surface area contributed by atoms with E-state index in [4.69, 9.17) is 14.2 Å². The van der Waals surface area contributed by atoms with Crippen LogP contribution in [-0.2, 0) is 11.3 Å². The molecule has 0 radical (unpaired) electrons. The Kier molecular flexibility index (Phi) is 5.31. The van der Waals surface area contributed by atoms with Crippen LogP contribution in [0.3, 0.4) is 0 Å². The van der Waals surface area contributed by atoms with Crippen LogP contribution in [0, 0.1) is 5.41 Å². The summed E-state index contributed by atoms with van der Waals surface area (Å²) >= 11 is 0.955. The van der Waals surface area contributed by atoms with E-state index in [1.165, 1.54) is 7.11 Å². The van der Waals surface area contributed by atoms with Gasteiger partial charge in [0.2, 0.25) is 5.88 Å². The fourth-order valence-corrected chi connectivity index (χ4v) is 4.74. The SMILES string of the molecule is COc1nc(O[C@H]2CC3(C[C@H](NC(=O)OCc4ccccc4)C3)C2)c(C(=O)O)s1. The summed E-state index contributed by atoms with van der Waals surface area (Å²) in [4.78, 5) is 27.4. The molecule has 0 saturated heterocycles. The van der Waals surface area contributed by atoms with Crippen molar-refractivity contribution in [2.75, 3.05) is 7.11 Å². The Morgan fingerprint density at radius 1 is 1.24 bits per heavy atom. The first-order valence-corrected chi connectivity index (χ1v) is 10.2. The van der Waals surface area contributed by atoms with Crippen LogP contribution >= 0.6 is 11.3 Å². The predicted octanol–water partition coefficient (Wildman–Crippen LogP) is 3.47. The average Bonchev–Trinajstić information content (AvgIpc) is 3.07. The molecule has 29 heavy (non-hydrogen) atoms. The normalized spacial score (nSPS) is 24.9. The van der Waals surface area contributed by atoms with Crippen LogP contribution < -0.4 is 14.8 Å². The van der Waals surface area contributed by atoms with Crippen molar-refractivity contribution in [1.29, 1.82) is 0 Å². The Balaban J connectivity index is 1.19. The lowest BCUT2D eigenvalue weighted by atomic mass is 9.53. The van der Waals surface area contributed by atoms with Crippen molar-refractivity contribution in [3.63, 3.8) is 0 Å². The average molecular weight is 418 g/mol. The third-order valence-electron chi connectivity index (χ3n) is 5.44. The first-order valence-electron chi connectivity index (χ1n) is 9.38. The van der Waals surface area contributed by atoms with Crippen molar-refractivity contribution in [2.24, 2.45) is 5.41 Å². The third-order valence-corrected chi connectivity index (χ3v) is 6.42. The van der Waals surface area contributed by atoms with Gasteiger partial charge in [0, 0.05) is 6.04 Å². The molecule has 9 heteroatoms. The molecule has 2 fully saturated rings. The van der Waals surface area contributed by atoms with Crippen LogP contribution in [0.25, 0.3) is 0 Å². The Morgan fingerprint density at radius 3 is 2.62 bits per heavy atom. The van der Waals surface area contributed by atoms with E-state index >= 15 is 0 Å². The number of benzene rings is 1. The number of nitrogens with zero attached hydrogens (tertiary/aromatic N) is 1. The first-order chi connectivity index (χ1) is 14.0. The summed E-state index contributed by atoms with van der Waals surface area (Å²) in [6.07, 6.45) is 2.93. The molecular weight excluding hydrogens is 396 g/mol. The summed E-state index contributed by atoms with van der Waals surface area (Å²) in [6.45, 7) is 0.253. The summed E-state index contributed by atoms with van der Waals surface area (Å²) in [5, 5.41) is 12.4. The van der Waals surface area contributed by atoms with E-state index in [2.05, 4.69) is 10.3 Å². The van der Waals surface area contributed by atoms with Crippen LogP contribution in [-0.4, -0.2) is 41.4 Å². The van der Waals surface area contributed by atoms with Gasteiger partial charge in [-0.05, 0) is 36.7 Å². The highest BCUT2D eigenvalue weighted by molar-refractivity contribution is 7.15. The topological polar surface area (TPSA) is 107 Å². The maximum Gasteiger partial charge on any atom is 0.407 e. The van der Waals surface area contributed by atoms with Gasteiger partial charge in [-0.3, -0.25) is 0 Å². The number of aromatic carboxylic acids is 1. The van der Waals surface area contributed by atoms with Gasteiger partial charge in [-0.15, -0.1) is 0 Å². The number of carboxylic acids is 1.